The lowest BCUT2D eigenvalue weighted by molar-refractivity contribution is -0.220. The highest BCUT2D eigenvalue weighted by molar-refractivity contribution is 6.75. The topological polar surface area (TPSA) is 98.8 Å². The number of ether oxygens (including phenoxy) is 3. The van der Waals surface area contributed by atoms with Crippen LogP contribution in [0.1, 0.15) is 150 Å². The van der Waals surface area contributed by atoms with Crippen LogP contribution < -0.4 is 0 Å². The third-order valence-electron chi connectivity index (χ3n) is 17.3. The van der Waals surface area contributed by atoms with Crippen LogP contribution >= 0.6 is 0 Å². The molecule has 0 N–H and O–H groups in total. The number of fused-ring (bicyclic) bond motifs is 1. The average Bonchev–Trinajstić information content (AvgIpc) is 3.11. The van der Waals surface area contributed by atoms with Crippen LogP contribution in [0.5, 0.6) is 0 Å². The highest BCUT2D eigenvalue weighted by atomic mass is 28.4. The minimum absolute atomic E-state index is 0.00163. The fourth-order valence-corrected chi connectivity index (χ4v) is 13.9. The van der Waals surface area contributed by atoms with Crippen molar-refractivity contribution >= 4 is 45.2 Å². The van der Waals surface area contributed by atoms with Crippen LogP contribution in [-0.4, -0.2) is 88.1 Å². The van der Waals surface area contributed by atoms with E-state index in [1.54, 1.807) is 0 Å². The zero-order valence-corrected chi connectivity index (χ0v) is 50.4. The standard InChI is InChI=1S/C52H100O9Si4/c1-34-26-27-39-30-41(60-64(22,23)51(12,13)14)32-44(56-47(53)35(2)37(4)58-62(18,19)49(6,7)8)46(39)43(34)29-28-40-31-42(61-65(24,25)52(15,16)17)33-45(55-40)57-48(54)36(3)38(5)59-63(20,21)50(9,10)11/h26-27,30,34-38,40-46H,28-29,31-33H2,1-25H3/t34-,35-,36?,37-,38?,40+,41-,42+,43-,44-,45?,46-/m0/s1. The van der Waals surface area contributed by atoms with Gasteiger partial charge in [-0.1, -0.05) is 108 Å². The lowest BCUT2D eigenvalue weighted by Gasteiger charge is -2.47. The van der Waals surface area contributed by atoms with Crippen molar-refractivity contribution in [3.63, 3.8) is 0 Å². The van der Waals surface area contributed by atoms with Crippen molar-refractivity contribution in [2.45, 2.75) is 265 Å². The molecule has 9 nitrogen and oxygen atoms in total. The molecule has 3 rings (SSSR count). The molecule has 0 radical (unpaired) electrons. The van der Waals surface area contributed by atoms with Gasteiger partial charge in [0.25, 0.3) is 0 Å². The summed E-state index contributed by atoms with van der Waals surface area (Å²) in [6, 6.07) is 0. The molecule has 0 aromatic rings. The number of hydrogen-bond donors (Lipinski definition) is 0. The van der Waals surface area contributed by atoms with E-state index in [1.807, 2.05) is 27.7 Å². The largest absolute Gasteiger partial charge is 0.461 e. The number of esters is 2. The summed E-state index contributed by atoms with van der Waals surface area (Å²) < 4.78 is 47.3. The van der Waals surface area contributed by atoms with Crippen LogP contribution in [0.25, 0.3) is 0 Å². The van der Waals surface area contributed by atoms with Gasteiger partial charge in [-0.25, -0.2) is 0 Å². The number of carbonyl (C=O) groups is 2. The van der Waals surface area contributed by atoms with Crippen molar-refractivity contribution in [3.8, 4) is 0 Å². The molecule has 3 unspecified atom stereocenters. The predicted octanol–water partition coefficient (Wildman–Crippen LogP) is 14.4. The molecule has 13 heteroatoms. The summed E-state index contributed by atoms with van der Waals surface area (Å²) in [7, 11) is -8.53. The van der Waals surface area contributed by atoms with Crippen LogP contribution in [-0.2, 0) is 41.5 Å². The summed E-state index contributed by atoms with van der Waals surface area (Å²) in [5, 5.41) is 0.108. The summed E-state index contributed by atoms with van der Waals surface area (Å²) in [4.78, 5) is 28.2. The van der Waals surface area contributed by atoms with Gasteiger partial charge in [-0.15, -0.1) is 0 Å². The Bertz CT molecular complexity index is 1660. The van der Waals surface area contributed by atoms with Crippen molar-refractivity contribution < 1.29 is 41.5 Å². The van der Waals surface area contributed by atoms with Gasteiger partial charge in [-0.3, -0.25) is 9.59 Å². The summed E-state index contributed by atoms with van der Waals surface area (Å²) in [6.07, 6.45) is 8.30. The Morgan fingerprint density at radius 3 is 1.54 bits per heavy atom. The van der Waals surface area contributed by atoms with Crippen molar-refractivity contribution in [3.05, 3.63) is 23.8 Å². The fraction of sp³-hybridized carbons (Fsp3) is 0.885. The normalized spacial score (nSPS) is 28.4. The van der Waals surface area contributed by atoms with E-state index in [1.165, 1.54) is 5.57 Å². The number of hydrogen-bond acceptors (Lipinski definition) is 9. The molecule has 1 heterocycles. The first-order chi connectivity index (χ1) is 29.1. The molecule has 0 aromatic carbocycles. The zero-order chi connectivity index (χ0) is 50.3. The molecule has 1 saturated heterocycles. The van der Waals surface area contributed by atoms with Gasteiger partial charge in [0.05, 0.1) is 42.4 Å². The zero-order valence-electron chi connectivity index (χ0n) is 46.4. The molecule has 3 aliphatic rings. The molecule has 0 bridgehead atoms. The first-order valence-electron chi connectivity index (χ1n) is 25.3. The van der Waals surface area contributed by atoms with Crippen LogP contribution in [0.3, 0.4) is 0 Å². The monoisotopic (exact) mass is 981 g/mol. The Kier molecular flexibility index (Phi) is 19.1. The van der Waals surface area contributed by atoms with E-state index in [0.29, 0.717) is 12.8 Å². The minimum Gasteiger partial charge on any atom is -0.461 e. The second-order valence-corrected chi connectivity index (χ2v) is 45.6. The molecular formula is C52H100O9Si4. The Morgan fingerprint density at radius 2 is 1.08 bits per heavy atom. The molecule has 12 atom stereocenters. The Labute approximate surface area is 403 Å². The maximum absolute atomic E-state index is 14.3. The van der Waals surface area contributed by atoms with E-state index in [0.717, 1.165) is 19.3 Å². The van der Waals surface area contributed by atoms with Gasteiger partial charge >= 0.3 is 11.9 Å². The van der Waals surface area contributed by atoms with E-state index in [2.05, 4.69) is 161 Å². The molecule has 0 saturated carbocycles. The Hall–Kier alpha value is -0.912. The fourth-order valence-electron chi connectivity index (χ4n) is 8.23. The maximum Gasteiger partial charge on any atom is 0.313 e. The smallest absolute Gasteiger partial charge is 0.313 e. The number of carbonyl (C=O) groups excluding carboxylic acids is 2. The minimum atomic E-state index is -2.16. The summed E-state index contributed by atoms with van der Waals surface area (Å²) in [5.74, 6) is -0.949. The quantitative estimate of drug-likeness (QED) is 0.104. The maximum atomic E-state index is 14.3. The van der Waals surface area contributed by atoms with Crippen LogP contribution in [0.15, 0.2) is 23.8 Å². The lowest BCUT2D eigenvalue weighted by atomic mass is 9.66. The van der Waals surface area contributed by atoms with Crippen LogP contribution in [0, 0.1) is 29.6 Å². The second kappa shape index (κ2) is 21.2. The van der Waals surface area contributed by atoms with Gasteiger partial charge in [0.2, 0.25) is 6.29 Å². The van der Waals surface area contributed by atoms with Gasteiger partial charge in [0.15, 0.2) is 33.3 Å². The van der Waals surface area contributed by atoms with Crippen molar-refractivity contribution in [1.29, 1.82) is 0 Å². The third kappa shape index (κ3) is 15.0. The third-order valence-corrected chi connectivity index (χ3v) is 35.5. The van der Waals surface area contributed by atoms with E-state index in [-0.39, 0.29) is 86.5 Å². The van der Waals surface area contributed by atoms with E-state index < -0.39 is 51.4 Å². The molecule has 1 fully saturated rings. The summed E-state index contributed by atoms with van der Waals surface area (Å²) in [6.45, 7) is 55.2. The van der Waals surface area contributed by atoms with Gasteiger partial charge in [-0.05, 0) is 137 Å². The van der Waals surface area contributed by atoms with E-state index in [9.17, 15) is 9.59 Å². The molecule has 378 valence electrons. The number of allylic oxidation sites excluding steroid dienone is 2. The highest BCUT2D eigenvalue weighted by Gasteiger charge is 2.49. The molecule has 2 aliphatic carbocycles. The van der Waals surface area contributed by atoms with E-state index >= 15 is 0 Å². The van der Waals surface area contributed by atoms with Gasteiger partial charge < -0.3 is 31.9 Å². The van der Waals surface area contributed by atoms with Crippen molar-refractivity contribution in [2.24, 2.45) is 29.6 Å². The predicted molar refractivity (Wildman–Crippen MR) is 279 cm³/mol. The molecule has 0 spiro atoms. The van der Waals surface area contributed by atoms with Crippen molar-refractivity contribution in [2.75, 3.05) is 0 Å². The average molecular weight is 982 g/mol. The highest BCUT2D eigenvalue weighted by Crippen LogP contribution is 2.48. The van der Waals surface area contributed by atoms with Gasteiger partial charge in [0.1, 0.15) is 6.10 Å². The van der Waals surface area contributed by atoms with Crippen molar-refractivity contribution in [1.82, 2.24) is 0 Å². The lowest BCUT2D eigenvalue weighted by Crippen LogP contribution is -2.50. The molecule has 0 aromatic heterocycles. The van der Waals surface area contributed by atoms with E-state index in [4.69, 9.17) is 31.9 Å². The molecule has 65 heavy (non-hydrogen) atoms. The SMILES string of the molecule is CC(O[Si](C)(C)C(C)(C)C)C(C)C(=O)OC1C[C@H](O[Si](C)(C)C(C)(C)C)C[C@@H](CC[C@@H]2[C@@H]3C(=C[C@H](O[Si](C)(C)C(C)(C)C)C[C@@H]3OC(=O)[C@@H](C)[C@H](C)O[Si](C)(C)C(C)(C)C)C=C[C@@H]2C)O1. The first kappa shape index (κ1) is 58.4. The van der Waals surface area contributed by atoms with Crippen LogP contribution in [0.4, 0.5) is 0 Å². The molecule has 1 aliphatic heterocycles. The molecule has 0 amide bonds. The Balaban J connectivity index is 1.94. The molecular weight excluding hydrogens is 881 g/mol. The second-order valence-electron chi connectivity index (χ2n) is 26.6. The van der Waals surface area contributed by atoms with Gasteiger partial charge in [0, 0.05) is 18.8 Å². The van der Waals surface area contributed by atoms with Crippen LogP contribution in [0.2, 0.25) is 72.5 Å². The number of rotatable bonds is 17. The summed E-state index contributed by atoms with van der Waals surface area (Å²) in [5.41, 5.74) is 1.19. The van der Waals surface area contributed by atoms with Gasteiger partial charge in [-0.2, -0.15) is 0 Å². The Morgan fingerprint density at radius 1 is 0.631 bits per heavy atom. The summed E-state index contributed by atoms with van der Waals surface area (Å²) >= 11 is 0. The first-order valence-corrected chi connectivity index (χ1v) is 36.9.